The zero-order valence-electron chi connectivity index (χ0n) is 10.9. The molecule has 0 saturated carbocycles. The van der Waals surface area contributed by atoms with Crippen molar-refractivity contribution in [2.45, 2.75) is 25.9 Å². The number of unbranched alkanes of at least 4 members (excludes halogenated alkanes) is 1. The third-order valence-electron chi connectivity index (χ3n) is 2.57. The monoisotopic (exact) mass is 305 g/mol. The summed E-state index contributed by atoms with van der Waals surface area (Å²) in [6.45, 7) is 2.53. The van der Waals surface area contributed by atoms with Gasteiger partial charge in [-0.1, -0.05) is 24.9 Å². The van der Waals surface area contributed by atoms with Crippen molar-refractivity contribution in [3.63, 3.8) is 0 Å². The molecular weight excluding hydrogens is 291 g/mol. The minimum atomic E-state index is -4.43. The van der Waals surface area contributed by atoms with Gasteiger partial charge in [-0.3, -0.25) is 4.79 Å². The third-order valence-corrected chi connectivity index (χ3v) is 2.91. The molecule has 1 amide bonds. The maximum atomic E-state index is 12.6. The van der Waals surface area contributed by atoms with E-state index in [0.717, 1.165) is 25.0 Å². The number of alkyl halides is 3. The van der Waals surface area contributed by atoms with E-state index in [4.69, 9.17) is 11.6 Å². The first-order chi connectivity index (χ1) is 9.34. The van der Waals surface area contributed by atoms with Crippen molar-refractivity contribution in [2.24, 2.45) is 0 Å². The summed E-state index contributed by atoms with van der Waals surface area (Å²) in [5.74, 6) is -0.355. The number of carbonyl (C=O) groups excluding carboxylic acids is 1. The molecule has 1 N–H and O–H groups in total. The summed E-state index contributed by atoms with van der Waals surface area (Å²) >= 11 is 5.81. The van der Waals surface area contributed by atoms with E-state index < -0.39 is 11.7 Å². The van der Waals surface area contributed by atoms with Gasteiger partial charge in [-0.05, 0) is 36.3 Å². The van der Waals surface area contributed by atoms with E-state index in [1.54, 1.807) is 0 Å². The average molecular weight is 306 g/mol. The van der Waals surface area contributed by atoms with Gasteiger partial charge < -0.3 is 5.32 Å². The van der Waals surface area contributed by atoms with Gasteiger partial charge in [0.2, 0.25) is 5.91 Å². The lowest BCUT2D eigenvalue weighted by molar-refractivity contribution is -0.137. The Morgan fingerprint density at radius 3 is 2.70 bits per heavy atom. The molecule has 1 aromatic rings. The van der Waals surface area contributed by atoms with Crippen LogP contribution in [0.15, 0.2) is 24.3 Å². The fourth-order valence-electron chi connectivity index (χ4n) is 1.46. The second-order valence-electron chi connectivity index (χ2n) is 4.21. The first kappa shape index (κ1) is 16.6. The lowest BCUT2D eigenvalue weighted by atomic mass is 10.1. The standard InChI is InChI=1S/C14H15ClF3NO/c1-2-3-8-19-13(20)7-4-10-9-11(14(16,17)18)5-6-12(10)15/h4-7,9H,2-3,8H2,1H3,(H,19,20). The van der Waals surface area contributed by atoms with Gasteiger partial charge in [0.15, 0.2) is 0 Å². The van der Waals surface area contributed by atoms with Gasteiger partial charge >= 0.3 is 6.18 Å². The number of hydrogen-bond donors (Lipinski definition) is 1. The summed E-state index contributed by atoms with van der Waals surface area (Å²) in [6.07, 6.45) is -0.181. The van der Waals surface area contributed by atoms with Crippen molar-refractivity contribution in [2.75, 3.05) is 6.54 Å². The highest BCUT2D eigenvalue weighted by Crippen LogP contribution is 2.32. The molecule has 0 spiro atoms. The van der Waals surface area contributed by atoms with Crippen LogP contribution in [0.5, 0.6) is 0 Å². The van der Waals surface area contributed by atoms with E-state index in [1.807, 2.05) is 6.92 Å². The second-order valence-corrected chi connectivity index (χ2v) is 4.62. The Morgan fingerprint density at radius 2 is 2.10 bits per heavy atom. The molecule has 0 aromatic heterocycles. The Bertz CT molecular complexity index is 498. The van der Waals surface area contributed by atoms with Gasteiger partial charge in [-0.15, -0.1) is 0 Å². The molecule has 0 heterocycles. The van der Waals surface area contributed by atoms with Crippen LogP contribution in [0, 0.1) is 0 Å². The predicted octanol–water partition coefficient (Wildman–Crippen LogP) is 4.29. The average Bonchev–Trinajstić information content (AvgIpc) is 2.36. The molecule has 0 atom stereocenters. The first-order valence-electron chi connectivity index (χ1n) is 6.17. The topological polar surface area (TPSA) is 29.1 Å². The molecule has 0 radical (unpaired) electrons. The fourth-order valence-corrected chi connectivity index (χ4v) is 1.64. The van der Waals surface area contributed by atoms with Crippen LogP contribution in [0.3, 0.4) is 0 Å². The number of nitrogens with one attached hydrogen (secondary N) is 1. The number of amides is 1. The molecule has 0 bridgehead atoms. The number of benzene rings is 1. The van der Waals surface area contributed by atoms with Gasteiger partial charge in [0, 0.05) is 17.6 Å². The zero-order chi connectivity index (χ0) is 15.2. The summed E-state index contributed by atoms with van der Waals surface area (Å²) in [4.78, 5) is 11.4. The van der Waals surface area contributed by atoms with Gasteiger partial charge in [-0.25, -0.2) is 0 Å². The Hall–Kier alpha value is -1.49. The van der Waals surface area contributed by atoms with Gasteiger partial charge in [0.25, 0.3) is 0 Å². The Labute approximate surface area is 120 Å². The van der Waals surface area contributed by atoms with E-state index in [9.17, 15) is 18.0 Å². The van der Waals surface area contributed by atoms with E-state index in [2.05, 4.69) is 5.32 Å². The number of halogens is 4. The Balaban J connectivity index is 2.78. The highest BCUT2D eigenvalue weighted by molar-refractivity contribution is 6.32. The Morgan fingerprint density at radius 1 is 1.40 bits per heavy atom. The van der Waals surface area contributed by atoms with E-state index in [1.165, 1.54) is 18.2 Å². The quantitative estimate of drug-likeness (QED) is 0.638. The van der Waals surface area contributed by atoms with Crippen LogP contribution in [0.2, 0.25) is 5.02 Å². The van der Waals surface area contributed by atoms with Crippen LogP contribution >= 0.6 is 11.6 Å². The van der Waals surface area contributed by atoms with E-state index in [0.29, 0.717) is 6.54 Å². The molecule has 0 unspecified atom stereocenters. The van der Waals surface area contributed by atoms with Gasteiger partial charge in [0.05, 0.1) is 5.56 Å². The maximum Gasteiger partial charge on any atom is 0.416 e. The fraction of sp³-hybridized carbons (Fsp3) is 0.357. The molecule has 0 aliphatic carbocycles. The van der Waals surface area contributed by atoms with Crippen molar-refractivity contribution in [3.8, 4) is 0 Å². The van der Waals surface area contributed by atoms with Crippen LogP contribution in [-0.2, 0) is 11.0 Å². The normalized spacial score (nSPS) is 11.8. The van der Waals surface area contributed by atoms with Crippen molar-refractivity contribution in [1.82, 2.24) is 5.32 Å². The molecule has 1 aromatic carbocycles. The lowest BCUT2D eigenvalue weighted by Crippen LogP contribution is -2.21. The van der Waals surface area contributed by atoms with E-state index >= 15 is 0 Å². The minimum Gasteiger partial charge on any atom is -0.353 e. The van der Waals surface area contributed by atoms with Crippen molar-refractivity contribution in [1.29, 1.82) is 0 Å². The number of hydrogen-bond acceptors (Lipinski definition) is 1. The highest BCUT2D eigenvalue weighted by atomic mass is 35.5. The largest absolute Gasteiger partial charge is 0.416 e. The van der Waals surface area contributed by atoms with Crippen LogP contribution in [-0.4, -0.2) is 12.5 Å². The van der Waals surface area contributed by atoms with Gasteiger partial charge in [-0.2, -0.15) is 13.2 Å². The molecule has 0 aliphatic heterocycles. The summed E-state index contributed by atoms with van der Waals surface area (Å²) in [6, 6.07) is 2.98. The van der Waals surface area contributed by atoms with Crippen molar-refractivity contribution >= 4 is 23.6 Å². The SMILES string of the molecule is CCCCNC(=O)C=Cc1cc(C(F)(F)F)ccc1Cl. The summed E-state index contributed by atoms with van der Waals surface area (Å²) in [5, 5.41) is 2.79. The zero-order valence-corrected chi connectivity index (χ0v) is 11.7. The van der Waals surface area contributed by atoms with E-state index in [-0.39, 0.29) is 16.5 Å². The van der Waals surface area contributed by atoms with Crippen LogP contribution in [0.4, 0.5) is 13.2 Å². The first-order valence-corrected chi connectivity index (χ1v) is 6.55. The third kappa shape index (κ3) is 5.25. The maximum absolute atomic E-state index is 12.6. The molecule has 0 aliphatic rings. The highest BCUT2D eigenvalue weighted by Gasteiger charge is 2.30. The molecule has 20 heavy (non-hydrogen) atoms. The molecule has 6 heteroatoms. The minimum absolute atomic E-state index is 0.159. The lowest BCUT2D eigenvalue weighted by Gasteiger charge is -2.08. The van der Waals surface area contributed by atoms with Crippen molar-refractivity contribution < 1.29 is 18.0 Å². The predicted molar refractivity (Wildman–Crippen MR) is 73.4 cm³/mol. The molecule has 2 nitrogen and oxygen atoms in total. The second kappa shape index (κ2) is 7.33. The van der Waals surface area contributed by atoms with Crippen molar-refractivity contribution in [3.05, 3.63) is 40.4 Å². The van der Waals surface area contributed by atoms with Gasteiger partial charge in [0.1, 0.15) is 0 Å². The summed E-state index contributed by atoms with van der Waals surface area (Å²) in [5.41, 5.74) is -0.639. The Kier molecular flexibility index (Phi) is 6.07. The smallest absolute Gasteiger partial charge is 0.353 e. The molecular formula is C14H15ClF3NO. The van der Waals surface area contributed by atoms with Crippen LogP contribution in [0.25, 0.3) is 6.08 Å². The number of rotatable bonds is 5. The molecule has 0 fully saturated rings. The molecule has 0 saturated heterocycles. The molecule has 110 valence electrons. The van der Waals surface area contributed by atoms with Crippen LogP contribution in [0.1, 0.15) is 30.9 Å². The number of carbonyl (C=O) groups is 1. The summed E-state index contributed by atoms with van der Waals surface area (Å²) < 4.78 is 37.7. The summed E-state index contributed by atoms with van der Waals surface area (Å²) in [7, 11) is 0. The molecule has 1 rings (SSSR count). The van der Waals surface area contributed by atoms with Crippen LogP contribution < -0.4 is 5.32 Å².